The molecule has 0 spiro atoms. The summed E-state index contributed by atoms with van der Waals surface area (Å²) in [6.45, 7) is 1.39. The Morgan fingerprint density at radius 1 is 1.42 bits per heavy atom. The first kappa shape index (κ1) is 14.4. The van der Waals surface area contributed by atoms with Crippen LogP contribution < -0.4 is 0 Å². The largest absolute Gasteiger partial charge is 0.476 e. The SMILES string of the molecule is O=C(O)c1nc(CN(CCO)C2CCCCC2)cs1. The first-order chi connectivity index (χ1) is 9.20. The van der Waals surface area contributed by atoms with E-state index < -0.39 is 5.97 Å². The fraction of sp³-hybridized carbons (Fsp3) is 0.692. The van der Waals surface area contributed by atoms with Crippen molar-refractivity contribution in [3.8, 4) is 0 Å². The molecule has 0 aromatic carbocycles. The molecule has 1 aliphatic carbocycles. The molecule has 0 saturated heterocycles. The lowest BCUT2D eigenvalue weighted by Gasteiger charge is -2.33. The number of aromatic carboxylic acids is 1. The number of aliphatic hydroxyl groups is 1. The van der Waals surface area contributed by atoms with Crippen molar-refractivity contribution < 1.29 is 15.0 Å². The van der Waals surface area contributed by atoms with Gasteiger partial charge in [0.05, 0.1) is 12.3 Å². The van der Waals surface area contributed by atoms with Crippen molar-refractivity contribution in [1.82, 2.24) is 9.88 Å². The zero-order valence-electron chi connectivity index (χ0n) is 10.9. The van der Waals surface area contributed by atoms with Gasteiger partial charge in [0.25, 0.3) is 0 Å². The molecule has 0 amide bonds. The smallest absolute Gasteiger partial charge is 0.365 e. The van der Waals surface area contributed by atoms with Gasteiger partial charge in [0.1, 0.15) is 0 Å². The maximum Gasteiger partial charge on any atom is 0.365 e. The molecule has 1 aliphatic rings. The number of aliphatic hydroxyl groups excluding tert-OH is 1. The molecule has 1 fully saturated rings. The molecular formula is C13H20N2O3S. The Balaban J connectivity index is 2.00. The highest BCUT2D eigenvalue weighted by atomic mass is 32.1. The number of rotatable bonds is 6. The van der Waals surface area contributed by atoms with Gasteiger partial charge in [-0.25, -0.2) is 9.78 Å². The monoisotopic (exact) mass is 284 g/mol. The lowest BCUT2D eigenvalue weighted by atomic mass is 9.94. The van der Waals surface area contributed by atoms with Crippen molar-refractivity contribution in [2.45, 2.75) is 44.7 Å². The highest BCUT2D eigenvalue weighted by Gasteiger charge is 2.22. The van der Waals surface area contributed by atoms with Crippen LogP contribution in [-0.2, 0) is 6.54 Å². The molecule has 2 rings (SSSR count). The predicted molar refractivity (Wildman–Crippen MR) is 73.4 cm³/mol. The average Bonchev–Trinajstić information content (AvgIpc) is 2.88. The van der Waals surface area contributed by atoms with Crippen LogP contribution in [0.2, 0.25) is 0 Å². The molecule has 0 unspecified atom stereocenters. The van der Waals surface area contributed by atoms with Crippen molar-refractivity contribution in [3.63, 3.8) is 0 Å². The minimum absolute atomic E-state index is 0.131. The summed E-state index contributed by atoms with van der Waals surface area (Å²) in [5, 5.41) is 20.0. The summed E-state index contributed by atoms with van der Waals surface area (Å²) >= 11 is 1.16. The van der Waals surface area contributed by atoms with Gasteiger partial charge >= 0.3 is 5.97 Å². The summed E-state index contributed by atoms with van der Waals surface area (Å²) in [5.74, 6) is -0.970. The lowest BCUT2D eigenvalue weighted by molar-refractivity contribution is 0.0695. The quantitative estimate of drug-likeness (QED) is 0.835. The number of carboxylic acids is 1. The third-order valence-corrected chi connectivity index (χ3v) is 4.46. The van der Waals surface area contributed by atoms with Crippen LogP contribution in [0, 0.1) is 0 Å². The molecule has 1 heterocycles. The van der Waals surface area contributed by atoms with E-state index in [0.29, 0.717) is 19.1 Å². The molecule has 0 aliphatic heterocycles. The second-order valence-electron chi connectivity index (χ2n) is 4.94. The van der Waals surface area contributed by atoms with Gasteiger partial charge in [0.2, 0.25) is 5.01 Å². The van der Waals surface area contributed by atoms with E-state index in [1.54, 1.807) is 5.38 Å². The van der Waals surface area contributed by atoms with E-state index in [9.17, 15) is 9.90 Å². The van der Waals surface area contributed by atoms with E-state index in [-0.39, 0.29) is 11.6 Å². The fourth-order valence-corrected chi connectivity index (χ4v) is 3.30. The van der Waals surface area contributed by atoms with Gasteiger partial charge in [-0.2, -0.15) is 0 Å². The van der Waals surface area contributed by atoms with Gasteiger partial charge in [0, 0.05) is 24.5 Å². The summed E-state index contributed by atoms with van der Waals surface area (Å²) < 4.78 is 0. The Morgan fingerprint density at radius 2 is 2.16 bits per heavy atom. The third kappa shape index (κ3) is 3.99. The number of hydrogen-bond donors (Lipinski definition) is 2. The molecule has 19 heavy (non-hydrogen) atoms. The predicted octanol–water partition coefficient (Wildman–Crippen LogP) is 1.97. The number of nitrogens with zero attached hydrogens (tertiary/aromatic N) is 2. The molecule has 0 atom stereocenters. The van der Waals surface area contributed by atoms with Crippen molar-refractivity contribution in [3.05, 3.63) is 16.1 Å². The maximum absolute atomic E-state index is 10.8. The highest BCUT2D eigenvalue weighted by Crippen LogP contribution is 2.24. The zero-order valence-corrected chi connectivity index (χ0v) is 11.7. The third-order valence-electron chi connectivity index (χ3n) is 3.58. The molecule has 1 saturated carbocycles. The normalized spacial score (nSPS) is 16.9. The summed E-state index contributed by atoms with van der Waals surface area (Å²) in [6.07, 6.45) is 6.10. The Bertz CT molecular complexity index is 416. The number of carboxylic acid groups (broad SMARTS) is 1. The molecule has 1 aromatic rings. The molecule has 5 nitrogen and oxygen atoms in total. The first-order valence-electron chi connectivity index (χ1n) is 6.73. The summed E-state index contributed by atoms with van der Waals surface area (Å²) in [5.41, 5.74) is 0.793. The number of thiazole rings is 1. The van der Waals surface area contributed by atoms with Crippen LogP contribution in [0.1, 0.15) is 47.6 Å². The van der Waals surface area contributed by atoms with Crippen LogP contribution in [0.15, 0.2) is 5.38 Å². The van der Waals surface area contributed by atoms with Gasteiger partial charge in [-0.1, -0.05) is 19.3 Å². The van der Waals surface area contributed by atoms with Gasteiger partial charge in [-0.05, 0) is 12.8 Å². The van der Waals surface area contributed by atoms with Gasteiger partial charge in [-0.15, -0.1) is 11.3 Å². The van der Waals surface area contributed by atoms with Crippen LogP contribution in [0.5, 0.6) is 0 Å². The van der Waals surface area contributed by atoms with E-state index in [4.69, 9.17) is 5.11 Å². The average molecular weight is 284 g/mol. The number of carbonyl (C=O) groups is 1. The first-order valence-corrected chi connectivity index (χ1v) is 7.61. The van der Waals surface area contributed by atoms with Crippen molar-refractivity contribution in [2.75, 3.05) is 13.2 Å². The Labute approximate surface area is 116 Å². The van der Waals surface area contributed by atoms with Gasteiger partial charge < -0.3 is 10.2 Å². The van der Waals surface area contributed by atoms with Crippen molar-refractivity contribution >= 4 is 17.3 Å². The molecule has 0 radical (unpaired) electrons. The second kappa shape index (κ2) is 6.98. The molecule has 0 bridgehead atoms. The minimum Gasteiger partial charge on any atom is -0.476 e. The van der Waals surface area contributed by atoms with Crippen LogP contribution in [-0.4, -0.2) is 45.3 Å². The molecular weight excluding hydrogens is 264 g/mol. The minimum atomic E-state index is -0.970. The fourth-order valence-electron chi connectivity index (χ4n) is 2.65. The number of hydrogen-bond acceptors (Lipinski definition) is 5. The van der Waals surface area contributed by atoms with E-state index in [0.717, 1.165) is 29.9 Å². The standard InChI is InChI=1S/C13H20N2O3S/c16-7-6-15(11-4-2-1-3-5-11)8-10-9-19-12(14-10)13(17)18/h9,11,16H,1-8H2,(H,17,18). The van der Waals surface area contributed by atoms with Crippen LogP contribution in [0.3, 0.4) is 0 Å². The molecule has 1 aromatic heterocycles. The van der Waals surface area contributed by atoms with Crippen molar-refractivity contribution in [1.29, 1.82) is 0 Å². The Morgan fingerprint density at radius 3 is 2.74 bits per heavy atom. The summed E-state index contributed by atoms with van der Waals surface area (Å²) in [7, 11) is 0. The molecule has 106 valence electrons. The van der Waals surface area contributed by atoms with Crippen LogP contribution in [0.25, 0.3) is 0 Å². The molecule has 6 heteroatoms. The second-order valence-corrected chi connectivity index (χ2v) is 5.79. The van der Waals surface area contributed by atoms with E-state index in [1.165, 1.54) is 19.3 Å². The summed E-state index contributed by atoms with van der Waals surface area (Å²) in [6, 6.07) is 0.496. The summed E-state index contributed by atoms with van der Waals surface area (Å²) in [4.78, 5) is 17.2. The van der Waals surface area contributed by atoms with Crippen LogP contribution >= 0.6 is 11.3 Å². The molecule has 2 N–H and O–H groups in total. The Hall–Kier alpha value is -0.980. The van der Waals surface area contributed by atoms with Gasteiger partial charge in [0.15, 0.2) is 0 Å². The highest BCUT2D eigenvalue weighted by molar-refractivity contribution is 7.11. The maximum atomic E-state index is 10.8. The lowest BCUT2D eigenvalue weighted by Crippen LogP contribution is -2.38. The van der Waals surface area contributed by atoms with Crippen LogP contribution in [0.4, 0.5) is 0 Å². The number of aromatic nitrogens is 1. The topological polar surface area (TPSA) is 73.7 Å². The van der Waals surface area contributed by atoms with E-state index in [1.807, 2.05) is 0 Å². The van der Waals surface area contributed by atoms with E-state index in [2.05, 4.69) is 9.88 Å². The zero-order chi connectivity index (χ0) is 13.7. The van der Waals surface area contributed by atoms with Gasteiger partial charge in [-0.3, -0.25) is 4.90 Å². The van der Waals surface area contributed by atoms with E-state index >= 15 is 0 Å². The van der Waals surface area contributed by atoms with Crippen molar-refractivity contribution in [2.24, 2.45) is 0 Å². The Kier molecular flexibility index (Phi) is 5.30.